The van der Waals surface area contributed by atoms with Crippen molar-refractivity contribution in [2.75, 3.05) is 13.1 Å². The Balaban J connectivity index is 1.98. The van der Waals surface area contributed by atoms with Gasteiger partial charge in [-0.3, -0.25) is 0 Å². The zero-order chi connectivity index (χ0) is 10.9. The molecule has 0 radical (unpaired) electrons. The third-order valence-corrected chi connectivity index (χ3v) is 2.57. The molecule has 1 aromatic carbocycles. The van der Waals surface area contributed by atoms with E-state index in [2.05, 4.69) is 49.5 Å². The second-order valence-electron chi connectivity index (χ2n) is 4.52. The van der Waals surface area contributed by atoms with Crippen LogP contribution in [0, 0.1) is 5.92 Å². The molecule has 0 aliphatic rings. The molecule has 15 heavy (non-hydrogen) atoms. The molecule has 0 aliphatic heterocycles. The highest BCUT2D eigenvalue weighted by Gasteiger charge is 1.94. The van der Waals surface area contributed by atoms with E-state index in [-0.39, 0.29) is 0 Å². The third kappa shape index (κ3) is 6.29. The normalized spacial score (nSPS) is 10.9. The smallest absolute Gasteiger partial charge is 0.000835 e. The Bertz CT molecular complexity index is 241. The molecule has 0 amide bonds. The van der Waals surface area contributed by atoms with Crippen LogP contribution < -0.4 is 5.32 Å². The minimum absolute atomic E-state index is 0.834. The van der Waals surface area contributed by atoms with E-state index in [1.165, 1.54) is 18.4 Å². The van der Waals surface area contributed by atoms with Gasteiger partial charge in [0.05, 0.1) is 0 Å². The van der Waals surface area contributed by atoms with Crippen molar-refractivity contribution in [3.8, 4) is 0 Å². The Morgan fingerprint density at radius 3 is 2.47 bits per heavy atom. The molecule has 0 saturated carbocycles. The van der Waals surface area contributed by atoms with Crippen LogP contribution in [0.4, 0.5) is 0 Å². The summed E-state index contributed by atoms with van der Waals surface area (Å²) in [6.07, 6.45) is 3.77. The molecular formula is C14H23N. The molecule has 1 N–H and O–H groups in total. The van der Waals surface area contributed by atoms with Crippen molar-refractivity contribution in [3.63, 3.8) is 0 Å². The first-order valence-electron chi connectivity index (χ1n) is 6.03. The predicted molar refractivity (Wildman–Crippen MR) is 67.1 cm³/mol. The van der Waals surface area contributed by atoms with E-state index in [0.717, 1.165) is 25.4 Å². The van der Waals surface area contributed by atoms with Gasteiger partial charge in [0, 0.05) is 0 Å². The maximum Gasteiger partial charge on any atom is -0.000835 e. The molecule has 84 valence electrons. The first-order valence-corrected chi connectivity index (χ1v) is 6.03. The highest BCUT2D eigenvalue weighted by atomic mass is 14.8. The molecule has 0 spiro atoms. The fourth-order valence-corrected chi connectivity index (χ4v) is 1.64. The van der Waals surface area contributed by atoms with E-state index in [4.69, 9.17) is 0 Å². The molecule has 1 rings (SSSR count). The zero-order valence-electron chi connectivity index (χ0n) is 10.00. The highest BCUT2D eigenvalue weighted by Crippen LogP contribution is 2.02. The maximum absolute atomic E-state index is 3.49. The molecule has 1 nitrogen and oxygen atoms in total. The molecule has 0 saturated heterocycles. The van der Waals surface area contributed by atoms with Gasteiger partial charge >= 0.3 is 0 Å². The summed E-state index contributed by atoms with van der Waals surface area (Å²) >= 11 is 0. The van der Waals surface area contributed by atoms with Crippen molar-refractivity contribution < 1.29 is 0 Å². The standard InChI is InChI=1S/C14H23N/c1-13(2)7-6-11-15-12-10-14-8-4-3-5-9-14/h3-5,8-9,13,15H,6-7,10-12H2,1-2H3. The van der Waals surface area contributed by atoms with Crippen molar-refractivity contribution in [1.82, 2.24) is 5.32 Å². The van der Waals surface area contributed by atoms with Crippen LogP contribution in [-0.2, 0) is 6.42 Å². The number of rotatable bonds is 7. The van der Waals surface area contributed by atoms with E-state index < -0.39 is 0 Å². The quantitative estimate of drug-likeness (QED) is 0.674. The minimum Gasteiger partial charge on any atom is -0.316 e. The lowest BCUT2D eigenvalue weighted by molar-refractivity contribution is 0.528. The molecular weight excluding hydrogens is 182 g/mol. The SMILES string of the molecule is CC(C)CCCNCCc1ccccc1. The van der Waals surface area contributed by atoms with Crippen LogP contribution in [0.1, 0.15) is 32.3 Å². The van der Waals surface area contributed by atoms with E-state index in [1.54, 1.807) is 0 Å². The van der Waals surface area contributed by atoms with Gasteiger partial charge in [0.2, 0.25) is 0 Å². The molecule has 0 aliphatic carbocycles. The molecule has 0 heterocycles. The molecule has 0 fully saturated rings. The second kappa shape index (κ2) is 7.47. The summed E-state index contributed by atoms with van der Waals surface area (Å²) in [6.45, 7) is 6.82. The Morgan fingerprint density at radius 2 is 1.80 bits per heavy atom. The predicted octanol–water partition coefficient (Wildman–Crippen LogP) is 3.25. The fraction of sp³-hybridized carbons (Fsp3) is 0.571. The lowest BCUT2D eigenvalue weighted by Crippen LogP contribution is -2.18. The minimum atomic E-state index is 0.834. The Kier molecular flexibility index (Phi) is 6.10. The van der Waals surface area contributed by atoms with Crippen molar-refractivity contribution in [2.24, 2.45) is 5.92 Å². The Hall–Kier alpha value is -0.820. The third-order valence-electron chi connectivity index (χ3n) is 2.57. The molecule has 0 unspecified atom stereocenters. The van der Waals surface area contributed by atoms with Gasteiger partial charge in [0.25, 0.3) is 0 Å². The lowest BCUT2D eigenvalue weighted by Gasteiger charge is -2.06. The van der Waals surface area contributed by atoms with Crippen LogP contribution in [0.5, 0.6) is 0 Å². The molecule has 1 heteroatoms. The van der Waals surface area contributed by atoms with E-state index >= 15 is 0 Å². The molecule has 0 bridgehead atoms. The van der Waals surface area contributed by atoms with Gasteiger partial charge in [-0.2, -0.15) is 0 Å². The van der Waals surface area contributed by atoms with Crippen molar-refractivity contribution in [3.05, 3.63) is 35.9 Å². The van der Waals surface area contributed by atoms with Gasteiger partial charge in [-0.05, 0) is 43.8 Å². The van der Waals surface area contributed by atoms with Crippen molar-refractivity contribution in [2.45, 2.75) is 33.1 Å². The van der Waals surface area contributed by atoms with Gasteiger partial charge in [-0.25, -0.2) is 0 Å². The molecule has 1 aromatic rings. The topological polar surface area (TPSA) is 12.0 Å². The van der Waals surface area contributed by atoms with E-state index in [0.29, 0.717) is 0 Å². The van der Waals surface area contributed by atoms with E-state index in [1.807, 2.05) is 0 Å². The van der Waals surface area contributed by atoms with Gasteiger partial charge < -0.3 is 5.32 Å². The van der Waals surface area contributed by atoms with Gasteiger partial charge in [0.15, 0.2) is 0 Å². The van der Waals surface area contributed by atoms with Gasteiger partial charge in [-0.15, -0.1) is 0 Å². The Labute approximate surface area is 93.9 Å². The summed E-state index contributed by atoms with van der Waals surface area (Å²) in [5.41, 5.74) is 1.42. The average Bonchev–Trinajstić information content (AvgIpc) is 2.24. The van der Waals surface area contributed by atoms with Crippen LogP contribution >= 0.6 is 0 Å². The van der Waals surface area contributed by atoms with Crippen LogP contribution in [0.2, 0.25) is 0 Å². The fourth-order valence-electron chi connectivity index (χ4n) is 1.64. The van der Waals surface area contributed by atoms with Crippen molar-refractivity contribution in [1.29, 1.82) is 0 Å². The highest BCUT2D eigenvalue weighted by molar-refractivity contribution is 5.14. The number of hydrogen-bond acceptors (Lipinski definition) is 1. The van der Waals surface area contributed by atoms with Crippen LogP contribution in [0.25, 0.3) is 0 Å². The first-order chi connectivity index (χ1) is 7.29. The lowest BCUT2D eigenvalue weighted by atomic mass is 10.1. The van der Waals surface area contributed by atoms with Gasteiger partial charge in [0.1, 0.15) is 0 Å². The largest absolute Gasteiger partial charge is 0.316 e. The summed E-state index contributed by atoms with van der Waals surface area (Å²) in [4.78, 5) is 0. The molecule has 0 aromatic heterocycles. The van der Waals surface area contributed by atoms with Crippen molar-refractivity contribution >= 4 is 0 Å². The zero-order valence-corrected chi connectivity index (χ0v) is 10.00. The Morgan fingerprint density at radius 1 is 1.07 bits per heavy atom. The summed E-state index contributed by atoms with van der Waals surface area (Å²) in [5, 5.41) is 3.49. The van der Waals surface area contributed by atoms with Crippen LogP contribution in [-0.4, -0.2) is 13.1 Å². The summed E-state index contributed by atoms with van der Waals surface area (Å²) in [6, 6.07) is 10.7. The van der Waals surface area contributed by atoms with E-state index in [9.17, 15) is 0 Å². The second-order valence-corrected chi connectivity index (χ2v) is 4.52. The van der Waals surface area contributed by atoms with Gasteiger partial charge in [-0.1, -0.05) is 44.2 Å². The van der Waals surface area contributed by atoms with Crippen LogP contribution in [0.15, 0.2) is 30.3 Å². The summed E-state index contributed by atoms with van der Waals surface area (Å²) in [7, 11) is 0. The first kappa shape index (κ1) is 12.3. The molecule has 0 atom stereocenters. The number of benzene rings is 1. The number of hydrogen-bond donors (Lipinski definition) is 1. The summed E-state index contributed by atoms with van der Waals surface area (Å²) in [5.74, 6) is 0.834. The number of nitrogens with one attached hydrogen (secondary N) is 1. The summed E-state index contributed by atoms with van der Waals surface area (Å²) < 4.78 is 0. The average molecular weight is 205 g/mol. The monoisotopic (exact) mass is 205 g/mol. The maximum atomic E-state index is 3.49. The van der Waals surface area contributed by atoms with Crippen LogP contribution in [0.3, 0.4) is 0 Å².